The maximum atomic E-state index is 12.7. The lowest BCUT2D eigenvalue weighted by Crippen LogP contribution is -2.30. The number of rotatable bonds is 39. The molecule has 1 unspecified atom stereocenters. The summed E-state index contributed by atoms with van der Waals surface area (Å²) >= 11 is 0. The Morgan fingerprint density at radius 3 is 1.23 bits per heavy atom. The zero-order valence-corrected chi connectivity index (χ0v) is 37.9. The Labute approximate surface area is 366 Å². The molecule has 0 aliphatic carbocycles. The Morgan fingerprint density at radius 1 is 0.367 bits per heavy atom. The van der Waals surface area contributed by atoms with Gasteiger partial charge in [0.15, 0.2) is 6.10 Å². The minimum Gasteiger partial charge on any atom is -0.462 e. The van der Waals surface area contributed by atoms with Crippen LogP contribution >= 0.6 is 0 Å². The first-order valence-electron chi connectivity index (χ1n) is 23.3. The van der Waals surface area contributed by atoms with Crippen LogP contribution in [-0.2, 0) is 28.6 Å². The molecule has 0 bridgehead atoms. The summed E-state index contributed by atoms with van der Waals surface area (Å²) in [5.41, 5.74) is 0. The summed E-state index contributed by atoms with van der Waals surface area (Å²) in [5.74, 6) is -1.02. The number of unbranched alkanes of at least 4 members (excludes halogenated alkanes) is 13. The number of hydrogen-bond donors (Lipinski definition) is 0. The van der Waals surface area contributed by atoms with Crippen LogP contribution in [0.2, 0.25) is 0 Å². The van der Waals surface area contributed by atoms with Crippen LogP contribution in [-0.4, -0.2) is 37.2 Å². The molecule has 0 radical (unpaired) electrons. The highest BCUT2D eigenvalue weighted by molar-refractivity contribution is 5.71. The fourth-order valence-electron chi connectivity index (χ4n) is 5.61. The van der Waals surface area contributed by atoms with E-state index < -0.39 is 6.10 Å². The second-order valence-electron chi connectivity index (χ2n) is 14.8. The van der Waals surface area contributed by atoms with Crippen LogP contribution in [0.25, 0.3) is 0 Å². The first kappa shape index (κ1) is 55.5. The van der Waals surface area contributed by atoms with Gasteiger partial charge in [0.2, 0.25) is 0 Å². The van der Waals surface area contributed by atoms with Crippen molar-refractivity contribution in [2.24, 2.45) is 0 Å². The van der Waals surface area contributed by atoms with Crippen LogP contribution in [0.3, 0.4) is 0 Å². The maximum absolute atomic E-state index is 12.7. The van der Waals surface area contributed by atoms with E-state index in [1.54, 1.807) is 0 Å². The van der Waals surface area contributed by atoms with Crippen LogP contribution in [0.4, 0.5) is 0 Å². The lowest BCUT2D eigenvalue weighted by Gasteiger charge is -2.18. The van der Waals surface area contributed by atoms with E-state index in [1.807, 2.05) is 72.9 Å². The average Bonchev–Trinajstić information content (AvgIpc) is 3.24. The van der Waals surface area contributed by atoms with Gasteiger partial charge < -0.3 is 14.2 Å². The quantitative estimate of drug-likeness (QED) is 0.0202. The van der Waals surface area contributed by atoms with Crippen molar-refractivity contribution in [3.63, 3.8) is 0 Å². The SMILES string of the molecule is CC\C=C/C=C\C=C/C=C\C=C\C=C/C=C\CCCCCC(=O)OCC(COC(=O)CCCCC/C=C\C=C/CCCC)OC(=O)CCCCCCC/C=C\C/C=C\CC. The highest BCUT2D eigenvalue weighted by Crippen LogP contribution is 2.12. The molecule has 0 aromatic rings. The Balaban J connectivity index is 4.55. The molecule has 0 aromatic heterocycles. The molecule has 0 fully saturated rings. The largest absolute Gasteiger partial charge is 0.462 e. The topological polar surface area (TPSA) is 78.9 Å². The molecule has 0 aliphatic rings. The van der Waals surface area contributed by atoms with E-state index in [-0.39, 0.29) is 37.5 Å². The molecule has 6 nitrogen and oxygen atoms in total. The van der Waals surface area contributed by atoms with E-state index in [1.165, 1.54) is 12.8 Å². The molecule has 60 heavy (non-hydrogen) atoms. The fraction of sp³-hybridized carbons (Fsp3) is 0.537. The van der Waals surface area contributed by atoms with Gasteiger partial charge >= 0.3 is 17.9 Å². The van der Waals surface area contributed by atoms with Gasteiger partial charge in [0, 0.05) is 19.3 Å². The van der Waals surface area contributed by atoms with Crippen LogP contribution in [0.15, 0.2) is 134 Å². The van der Waals surface area contributed by atoms with E-state index in [0.29, 0.717) is 12.8 Å². The van der Waals surface area contributed by atoms with Crippen molar-refractivity contribution in [2.75, 3.05) is 13.2 Å². The highest BCUT2D eigenvalue weighted by Gasteiger charge is 2.19. The molecule has 0 spiro atoms. The minimum atomic E-state index is -0.818. The van der Waals surface area contributed by atoms with E-state index in [9.17, 15) is 14.4 Å². The molecule has 334 valence electrons. The van der Waals surface area contributed by atoms with Crippen molar-refractivity contribution < 1.29 is 28.6 Å². The summed E-state index contributed by atoms with van der Waals surface area (Å²) in [6.07, 6.45) is 65.7. The van der Waals surface area contributed by atoms with Crippen LogP contribution in [0.5, 0.6) is 0 Å². The molecule has 6 heteroatoms. The maximum Gasteiger partial charge on any atom is 0.306 e. The molecule has 1 atom stereocenters. The van der Waals surface area contributed by atoms with Crippen molar-refractivity contribution in [3.05, 3.63) is 134 Å². The molecule has 0 amide bonds. The van der Waals surface area contributed by atoms with E-state index in [2.05, 4.69) is 81.5 Å². The predicted molar refractivity (Wildman–Crippen MR) is 256 cm³/mol. The van der Waals surface area contributed by atoms with E-state index in [4.69, 9.17) is 14.2 Å². The standard InChI is InChI=1S/C54H82O6/c1-4-7-10-13-16-19-22-24-25-26-27-28-29-30-33-35-38-41-44-47-53(56)59-50-51(49-58-52(55)46-43-40-37-34-31-21-18-15-12-9-6-3)60-54(57)48-45-42-39-36-32-23-20-17-14-11-8-5-2/h7-8,10-11,13,15-22,24-31,33,51H,4-6,9,12,14,23,32,34-50H2,1-3H3/b10-7-,11-8-,16-13-,18-15-,20-17-,22-19-,25-24-,27-26+,29-28-,31-21-,33-30-. The first-order chi connectivity index (χ1) is 29.5. The molecule has 0 heterocycles. The summed E-state index contributed by atoms with van der Waals surface area (Å²) in [6.45, 7) is 6.21. The molecular weight excluding hydrogens is 745 g/mol. The van der Waals surface area contributed by atoms with Gasteiger partial charge in [-0.2, -0.15) is 0 Å². The third-order valence-electron chi connectivity index (χ3n) is 9.09. The van der Waals surface area contributed by atoms with Crippen LogP contribution < -0.4 is 0 Å². The minimum absolute atomic E-state index is 0.118. The first-order valence-corrected chi connectivity index (χ1v) is 23.3. The lowest BCUT2D eigenvalue weighted by atomic mass is 10.1. The van der Waals surface area contributed by atoms with Crippen LogP contribution in [0, 0.1) is 0 Å². The second-order valence-corrected chi connectivity index (χ2v) is 14.8. The van der Waals surface area contributed by atoms with Gasteiger partial charge in [-0.05, 0) is 83.5 Å². The normalized spacial score (nSPS) is 13.3. The zero-order chi connectivity index (χ0) is 43.7. The summed E-state index contributed by atoms with van der Waals surface area (Å²) in [7, 11) is 0. The van der Waals surface area contributed by atoms with Crippen molar-refractivity contribution in [1.82, 2.24) is 0 Å². The summed E-state index contributed by atoms with van der Waals surface area (Å²) in [5, 5.41) is 0. The number of allylic oxidation sites excluding steroid dienone is 22. The molecule has 0 N–H and O–H groups in total. The number of esters is 3. The van der Waals surface area contributed by atoms with Gasteiger partial charge in [0.05, 0.1) is 0 Å². The Kier molecular flexibility index (Phi) is 43.7. The monoisotopic (exact) mass is 827 g/mol. The molecule has 0 saturated heterocycles. The van der Waals surface area contributed by atoms with E-state index in [0.717, 1.165) is 116 Å². The Bertz CT molecular complexity index is 1370. The fourth-order valence-corrected chi connectivity index (χ4v) is 5.61. The third kappa shape index (κ3) is 44.6. The molecule has 0 aromatic carbocycles. The third-order valence-corrected chi connectivity index (χ3v) is 9.09. The Hall–Kier alpha value is -4.45. The molecule has 0 aliphatic heterocycles. The van der Waals surface area contributed by atoms with Crippen molar-refractivity contribution in [3.8, 4) is 0 Å². The average molecular weight is 827 g/mol. The predicted octanol–water partition coefficient (Wildman–Crippen LogP) is 15.1. The molecule has 0 rings (SSSR count). The van der Waals surface area contributed by atoms with Gasteiger partial charge in [0.25, 0.3) is 0 Å². The van der Waals surface area contributed by atoms with Crippen molar-refractivity contribution in [2.45, 2.75) is 175 Å². The van der Waals surface area contributed by atoms with Crippen molar-refractivity contribution >= 4 is 17.9 Å². The van der Waals surface area contributed by atoms with Gasteiger partial charge in [-0.15, -0.1) is 0 Å². The highest BCUT2D eigenvalue weighted by atomic mass is 16.6. The smallest absolute Gasteiger partial charge is 0.306 e. The number of carbonyl (C=O) groups excluding carboxylic acids is 3. The zero-order valence-electron chi connectivity index (χ0n) is 37.9. The van der Waals surface area contributed by atoms with Gasteiger partial charge in [0.1, 0.15) is 13.2 Å². The Morgan fingerprint density at radius 2 is 0.733 bits per heavy atom. The number of carbonyl (C=O) groups is 3. The lowest BCUT2D eigenvalue weighted by molar-refractivity contribution is -0.167. The summed E-state index contributed by atoms with van der Waals surface area (Å²) < 4.78 is 16.6. The summed E-state index contributed by atoms with van der Waals surface area (Å²) in [4.78, 5) is 37.8. The van der Waals surface area contributed by atoms with Crippen molar-refractivity contribution in [1.29, 1.82) is 0 Å². The molecular formula is C54H82O6. The summed E-state index contributed by atoms with van der Waals surface area (Å²) in [6, 6.07) is 0. The molecule has 0 saturated carbocycles. The van der Waals surface area contributed by atoms with Gasteiger partial charge in [-0.1, -0.05) is 199 Å². The van der Waals surface area contributed by atoms with Gasteiger partial charge in [-0.3, -0.25) is 14.4 Å². The van der Waals surface area contributed by atoms with Gasteiger partial charge in [-0.25, -0.2) is 0 Å². The number of hydrogen-bond acceptors (Lipinski definition) is 6. The second kappa shape index (κ2) is 47.2. The van der Waals surface area contributed by atoms with Crippen LogP contribution in [0.1, 0.15) is 168 Å². The van der Waals surface area contributed by atoms with E-state index >= 15 is 0 Å². The number of ether oxygens (including phenoxy) is 3.